The zero-order valence-electron chi connectivity index (χ0n) is 32.3. The maximum atomic E-state index is 13.5. The quantitative estimate of drug-likeness (QED) is 0.0230. The van der Waals surface area contributed by atoms with Gasteiger partial charge in [0.2, 0.25) is 3.79 Å². The Labute approximate surface area is 328 Å². The van der Waals surface area contributed by atoms with Crippen LogP contribution in [0, 0.1) is 0 Å². The monoisotopic (exact) mass is 819 g/mol. The summed E-state index contributed by atoms with van der Waals surface area (Å²) in [6.45, 7) is 9.93. The van der Waals surface area contributed by atoms with Gasteiger partial charge in [0.1, 0.15) is 31.0 Å². The summed E-state index contributed by atoms with van der Waals surface area (Å²) in [5, 5.41) is 23.8. The summed E-state index contributed by atoms with van der Waals surface area (Å²) in [5.74, 6) is -1.11. The Hall–Kier alpha value is -0.863. The molecule has 0 saturated carbocycles. The largest absolute Gasteiger partial charge is 0.462 e. The minimum absolute atomic E-state index is 0.251. The van der Waals surface area contributed by atoms with E-state index in [0.717, 1.165) is 63.8 Å². The van der Waals surface area contributed by atoms with E-state index in [2.05, 4.69) is 38.8 Å². The van der Waals surface area contributed by atoms with Gasteiger partial charge in [-0.05, 0) is 25.3 Å². The number of carbonyl (C=O) groups is 3. The number of aliphatic hydroxyl groups excluding tert-OH is 2. The van der Waals surface area contributed by atoms with Gasteiger partial charge in [-0.25, -0.2) is 4.79 Å². The van der Waals surface area contributed by atoms with Crippen LogP contribution in [0.2, 0.25) is 25.7 Å². The van der Waals surface area contributed by atoms with Crippen molar-refractivity contribution in [3.05, 3.63) is 0 Å². The summed E-state index contributed by atoms with van der Waals surface area (Å²) in [5.41, 5.74) is 0. The number of alkyl halides is 3. The van der Waals surface area contributed by atoms with Gasteiger partial charge >= 0.3 is 18.0 Å². The number of amides is 1. The Morgan fingerprint density at radius 3 is 1.94 bits per heavy atom. The third-order valence-electron chi connectivity index (χ3n) is 8.96. The fraction of sp³-hybridized carbons (Fsp3) is 0.919. The molecule has 1 heterocycles. The Kier molecular flexibility index (Phi) is 26.2. The maximum Gasteiger partial charge on any atom is 0.407 e. The smallest absolute Gasteiger partial charge is 0.407 e. The standard InChI is InChI=1S/C37H68Cl3NO10Si/c1-6-8-10-12-14-15-16-17-19-21-28(49-30(43)22-20-18-13-11-9-7-2)25-31(44)51-34-32(41-36(46)48-27-37(38,39)40)35(47-23-24-52(3,4)5)50-29(26-42)33(34)45/h28-29,32-35,42,45H,6-27H2,1-5H3,(H,41,46)/t28-,29-,32-,33-,34-,35?/m1/s1. The molecule has 0 bridgehead atoms. The molecule has 1 aliphatic rings. The molecular weight excluding hydrogens is 753 g/mol. The highest BCUT2D eigenvalue weighted by Gasteiger charge is 2.49. The fourth-order valence-corrected chi connectivity index (χ4v) is 6.77. The normalized spacial score (nSPS) is 21.4. The number of esters is 2. The molecule has 52 heavy (non-hydrogen) atoms. The van der Waals surface area contributed by atoms with Gasteiger partial charge in [-0.3, -0.25) is 9.59 Å². The fourth-order valence-electron chi connectivity index (χ4n) is 5.88. The maximum absolute atomic E-state index is 13.5. The molecule has 1 rings (SSSR count). The molecule has 306 valence electrons. The van der Waals surface area contributed by atoms with E-state index in [0.29, 0.717) is 6.42 Å². The summed E-state index contributed by atoms with van der Waals surface area (Å²) in [4.78, 5) is 39.2. The number of carbonyl (C=O) groups excluding carboxylic acids is 3. The molecule has 1 amide bonds. The molecule has 0 aromatic rings. The SMILES string of the molecule is CCCCCCCCCCC[C@H](CC(=O)O[C@H]1[C@H](O)[C@@H](CO)OC(OCC[Si](C)(C)C)[C@@H]1NC(=O)OCC(Cl)(Cl)Cl)OC(=O)CCCCCCCC. The molecule has 1 saturated heterocycles. The summed E-state index contributed by atoms with van der Waals surface area (Å²) in [6, 6.07) is -0.504. The van der Waals surface area contributed by atoms with E-state index < -0.39 is 73.9 Å². The molecule has 11 nitrogen and oxygen atoms in total. The topological polar surface area (TPSA) is 150 Å². The average molecular weight is 821 g/mol. The van der Waals surface area contributed by atoms with E-state index in [9.17, 15) is 24.6 Å². The lowest BCUT2D eigenvalue weighted by Crippen LogP contribution is -2.66. The number of hydrogen-bond acceptors (Lipinski definition) is 10. The Morgan fingerprint density at radius 1 is 0.846 bits per heavy atom. The van der Waals surface area contributed by atoms with Gasteiger partial charge in [0, 0.05) is 21.1 Å². The van der Waals surface area contributed by atoms with E-state index in [1.54, 1.807) is 0 Å². The number of rotatable bonds is 28. The number of unbranched alkanes of at least 4 members (excludes halogenated alkanes) is 13. The van der Waals surface area contributed by atoms with E-state index in [4.69, 9.17) is 58.5 Å². The van der Waals surface area contributed by atoms with Gasteiger partial charge < -0.3 is 39.2 Å². The highest BCUT2D eigenvalue weighted by atomic mass is 35.6. The van der Waals surface area contributed by atoms with Crippen LogP contribution in [0.4, 0.5) is 4.79 Å². The highest BCUT2D eigenvalue weighted by Crippen LogP contribution is 2.28. The minimum Gasteiger partial charge on any atom is -0.462 e. The minimum atomic E-state index is -1.88. The second-order valence-electron chi connectivity index (χ2n) is 15.2. The summed E-state index contributed by atoms with van der Waals surface area (Å²) in [6.07, 6.45) is 9.65. The van der Waals surface area contributed by atoms with E-state index in [-0.39, 0.29) is 25.4 Å². The van der Waals surface area contributed by atoms with Crippen molar-refractivity contribution in [2.75, 3.05) is 19.8 Å². The van der Waals surface area contributed by atoms with Gasteiger partial charge in [0.05, 0.1) is 13.0 Å². The number of hydrogen-bond donors (Lipinski definition) is 3. The van der Waals surface area contributed by atoms with Gasteiger partial charge in [-0.15, -0.1) is 0 Å². The predicted octanol–water partition coefficient (Wildman–Crippen LogP) is 8.77. The molecule has 1 fully saturated rings. The van der Waals surface area contributed by atoms with Crippen molar-refractivity contribution in [2.24, 2.45) is 0 Å². The first-order chi connectivity index (χ1) is 24.6. The number of halogens is 3. The van der Waals surface area contributed by atoms with Crippen LogP contribution in [0.15, 0.2) is 0 Å². The number of aliphatic hydroxyl groups is 2. The lowest BCUT2D eigenvalue weighted by molar-refractivity contribution is -0.272. The van der Waals surface area contributed by atoms with Crippen LogP contribution < -0.4 is 5.32 Å². The van der Waals surface area contributed by atoms with Crippen molar-refractivity contribution in [2.45, 2.75) is 196 Å². The third-order valence-corrected chi connectivity index (χ3v) is 11.0. The zero-order valence-corrected chi connectivity index (χ0v) is 35.6. The van der Waals surface area contributed by atoms with Crippen molar-refractivity contribution >= 4 is 60.9 Å². The first-order valence-electron chi connectivity index (χ1n) is 19.5. The molecule has 15 heteroatoms. The van der Waals surface area contributed by atoms with Crippen molar-refractivity contribution < 1.29 is 48.3 Å². The third kappa shape index (κ3) is 23.8. The molecule has 0 radical (unpaired) electrons. The highest BCUT2D eigenvalue weighted by molar-refractivity contribution is 6.76. The predicted molar refractivity (Wildman–Crippen MR) is 209 cm³/mol. The lowest BCUT2D eigenvalue weighted by Gasteiger charge is -2.43. The van der Waals surface area contributed by atoms with Crippen LogP contribution >= 0.6 is 34.8 Å². The van der Waals surface area contributed by atoms with Crippen molar-refractivity contribution in [1.29, 1.82) is 0 Å². The zero-order chi connectivity index (χ0) is 39.0. The summed E-state index contributed by atoms with van der Waals surface area (Å²) < 4.78 is 26.6. The first kappa shape index (κ1) is 49.2. The summed E-state index contributed by atoms with van der Waals surface area (Å²) in [7, 11) is -1.55. The summed E-state index contributed by atoms with van der Waals surface area (Å²) >= 11 is 17.2. The van der Waals surface area contributed by atoms with E-state index in [1.165, 1.54) is 38.5 Å². The first-order valence-corrected chi connectivity index (χ1v) is 24.4. The van der Waals surface area contributed by atoms with Gasteiger partial charge in [-0.1, -0.05) is 152 Å². The molecule has 0 spiro atoms. The Morgan fingerprint density at radius 2 is 1.40 bits per heavy atom. The Bertz CT molecular complexity index is 984. The molecular formula is C37H68Cl3NO10Si. The van der Waals surface area contributed by atoms with Crippen LogP contribution in [-0.2, 0) is 33.3 Å². The van der Waals surface area contributed by atoms with E-state index in [1.807, 2.05) is 0 Å². The molecule has 3 N–H and O–H groups in total. The number of nitrogens with one attached hydrogen (secondary N) is 1. The Balaban J connectivity index is 3.05. The second-order valence-corrected chi connectivity index (χ2v) is 23.3. The molecule has 0 aliphatic carbocycles. The van der Waals surface area contributed by atoms with Gasteiger partial charge in [-0.2, -0.15) is 0 Å². The van der Waals surface area contributed by atoms with Crippen LogP contribution in [0.1, 0.15) is 129 Å². The van der Waals surface area contributed by atoms with Crippen LogP contribution in [0.25, 0.3) is 0 Å². The van der Waals surface area contributed by atoms with Crippen molar-refractivity contribution in [3.8, 4) is 0 Å². The molecule has 0 aromatic heterocycles. The second kappa shape index (κ2) is 27.7. The molecule has 1 aliphatic heterocycles. The van der Waals surface area contributed by atoms with Gasteiger partial charge in [0.25, 0.3) is 0 Å². The van der Waals surface area contributed by atoms with Crippen molar-refractivity contribution in [3.63, 3.8) is 0 Å². The number of ether oxygens (including phenoxy) is 5. The molecule has 1 unspecified atom stereocenters. The van der Waals surface area contributed by atoms with Crippen molar-refractivity contribution in [1.82, 2.24) is 5.32 Å². The van der Waals surface area contributed by atoms with Crippen LogP contribution in [-0.4, -0.2) is 96.7 Å². The molecule has 0 aromatic carbocycles. The lowest BCUT2D eigenvalue weighted by atomic mass is 9.96. The van der Waals surface area contributed by atoms with Crippen LogP contribution in [0.5, 0.6) is 0 Å². The average Bonchev–Trinajstić information content (AvgIpc) is 3.06. The number of alkyl carbamates (subject to hydrolysis) is 1. The van der Waals surface area contributed by atoms with Crippen LogP contribution in [0.3, 0.4) is 0 Å². The molecule has 6 atom stereocenters. The van der Waals surface area contributed by atoms with Gasteiger partial charge in [0.15, 0.2) is 12.4 Å². The van der Waals surface area contributed by atoms with E-state index >= 15 is 0 Å².